The van der Waals surface area contributed by atoms with E-state index in [0.717, 1.165) is 44.9 Å². The number of esters is 1. The van der Waals surface area contributed by atoms with E-state index in [-0.39, 0.29) is 29.5 Å². The number of rotatable bonds is 3. The Kier molecular flexibility index (Phi) is 4.82. The van der Waals surface area contributed by atoms with Gasteiger partial charge >= 0.3 is 5.97 Å². The molecule has 0 radical (unpaired) electrons. The first-order valence-electron chi connectivity index (χ1n) is 11.0. The Morgan fingerprint density at radius 3 is 2.64 bits per heavy atom. The fraction of sp³-hybridized carbons (Fsp3) is 0.792. The van der Waals surface area contributed by atoms with E-state index in [0.29, 0.717) is 29.7 Å². The summed E-state index contributed by atoms with van der Waals surface area (Å²) in [5.74, 6) is 1.36. The van der Waals surface area contributed by atoms with E-state index in [2.05, 4.69) is 26.5 Å². The highest BCUT2D eigenvalue weighted by Crippen LogP contribution is 2.68. The minimum Gasteiger partial charge on any atom is -0.461 e. The average Bonchev–Trinajstić information content (AvgIpc) is 2.92. The molecule has 0 spiro atoms. The molecule has 4 aliphatic rings. The predicted molar refractivity (Wildman–Crippen MR) is 108 cm³/mol. The van der Waals surface area contributed by atoms with Crippen LogP contribution in [0.25, 0.3) is 0 Å². The van der Waals surface area contributed by atoms with Crippen molar-refractivity contribution in [2.45, 2.75) is 83.8 Å². The van der Waals surface area contributed by atoms with Crippen LogP contribution < -0.4 is 0 Å². The lowest BCUT2D eigenvalue weighted by Crippen LogP contribution is -2.55. The summed E-state index contributed by atoms with van der Waals surface area (Å²) in [7, 11) is 0. The van der Waals surface area contributed by atoms with Crippen LogP contribution in [0.3, 0.4) is 0 Å². The molecular weight excluding hydrogens is 352 g/mol. The molecule has 3 saturated carbocycles. The first kappa shape index (κ1) is 20.2. The average molecular weight is 389 g/mol. The van der Waals surface area contributed by atoms with Gasteiger partial charge in [-0.1, -0.05) is 32.1 Å². The lowest BCUT2D eigenvalue weighted by molar-refractivity contribution is -0.142. The van der Waals surface area contributed by atoms with Crippen molar-refractivity contribution in [2.24, 2.45) is 28.6 Å². The number of aliphatic hydroxyl groups excluding tert-OH is 1. The number of hydrogen-bond acceptors (Lipinski definition) is 4. The molecule has 0 aromatic rings. The van der Waals surface area contributed by atoms with Crippen LogP contribution in [0, 0.1) is 28.6 Å². The molecule has 0 saturated heterocycles. The zero-order valence-corrected chi connectivity index (χ0v) is 17.7. The molecule has 0 aromatic heterocycles. The fourth-order valence-electron chi connectivity index (χ4n) is 7.55. The first-order valence-corrected chi connectivity index (χ1v) is 11.0. The number of allylic oxidation sites excluding steroid dienone is 1. The minimum absolute atomic E-state index is 0.113. The number of fused-ring (bicyclic) bond motifs is 5. The van der Waals surface area contributed by atoms with Crippen molar-refractivity contribution in [2.75, 3.05) is 6.61 Å². The van der Waals surface area contributed by atoms with Gasteiger partial charge in [-0.05, 0) is 80.1 Å². The van der Waals surface area contributed by atoms with Crippen molar-refractivity contribution in [3.63, 3.8) is 0 Å². The predicted octanol–water partition coefficient (Wildman–Crippen LogP) is 4.16. The quantitative estimate of drug-likeness (QED) is 0.563. The second kappa shape index (κ2) is 6.70. The SMILES string of the molecule is C=C(COC(C)=O)C1(O)CCC2C3CC=C4CC(O)CCC4(C)C3CCC21C. The molecule has 0 heterocycles. The third kappa shape index (κ3) is 2.74. The van der Waals surface area contributed by atoms with Gasteiger partial charge in [0, 0.05) is 12.3 Å². The zero-order chi connectivity index (χ0) is 20.3. The highest BCUT2D eigenvalue weighted by atomic mass is 16.5. The van der Waals surface area contributed by atoms with E-state index in [1.165, 1.54) is 12.5 Å². The molecule has 4 rings (SSSR count). The summed E-state index contributed by atoms with van der Waals surface area (Å²) in [6, 6.07) is 0. The summed E-state index contributed by atoms with van der Waals surface area (Å²) in [5.41, 5.74) is 1.18. The molecule has 28 heavy (non-hydrogen) atoms. The van der Waals surface area contributed by atoms with E-state index >= 15 is 0 Å². The third-order valence-electron chi connectivity index (χ3n) is 9.26. The Labute approximate surface area is 169 Å². The van der Waals surface area contributed by atoms with E-state index < -0.39 is 5.60 Å². The Balaban J connectivity index is 1.60. The third-order valence-corrected chi connectivity index (χ3v) is 9.26. The Bertz CT molecular complexity index is 711. The number of ether oxygens (including phenoxy) is 1. The summed E-state index contributed by atoms with van der Waals surface area (Å²) in [4.78, 5) is 11.2. The minimum atomic E-state index is -0.953. The molecule has 4 aliphatic carbocycles. The van der Waals surface area contributed by atoms with E-state index in [1.807, 2.05) is 0 Å². The molecule has 4 heteroatoms. The van der Waals surface area contributed by atoms with Crippen LogP contribution in [0.15, 0.2) is 23.8 Å². The summed E-state index contributed by atoms with van der Waals surface area (Å²) in [6.45, 7) is 10.3. The van der Waals surface area contributed by atoms with Gasteiger partial charge in [0.05, 0.1) is 11.7 Å². The van der Waals surface area contributed by atoms with E-state index in [1.54, 1.807) is 0 Å². The van der Waals surface area contributed by atoms with Crippen LogP contribution in [-0.4, -0.2) is 34.5 Å². The van der Waals surface area contributed by atoms with Gasteiger partial charge in [0.2, 0.25) is 0 Å². The molecule has 7 atom stereocenters. The van der Waals surface area contributed by atoms with Gasteiger partial charge in [-0.2, -0.15) is 0 Å². The van der Waals surface area contributed by atoms with Crippen molar-refractivity contribution in [3.05, 3.63) is 23.8 Å². The molecule has 4 nitrogen and oxygen atoms in total. The van der Waals surface area contributed by atoms with Crippen LogP contribution in [0.4, 0.5) is 0 Å². The van der Waals surface area contributed by atoms with Crippen molar-refractivity contribution in [3.8, 4) is 0 Å². The smallest absolute Gasteiger partial charge is 0.302 e. The van der Waals surface area contributed by atoms with Crippen LogP contribution in [-0.2, 0) is 9.53 Å². The Hall–Kier alpha value is -1.13. The number of carbonyl (C=O) groups excluding carboxylic acids is 1. The molecular formula is C24H36O4. The topological polar surface area (TPSA) is 66.8 Å². The van der Waals surface area contributed by atoms with Gasteiger partial charge in [0.25, 0.3) is 0 Å². The number of aliphatic hydroxyl groups is 2. The standard InChI is InChI=1S/C24H36O4/c1-15(14-28-16(2)25)24(27)12-9-21-19-6-5-17-13-18(26)7-10-22(17,3)20(19)8-11-23(21,24)4/h5,18-21,26-27H,1,6-14H2,2-4H3. The molecule has 3 fully saturated rings. The van der Waals surface area contributed by atoms with E-state index in [4.69, 9.17) is 4.74 Å². The van der Waals surface area contributed by atoms with E-state index in [9.17, 15) is 15.0 Å². The maximum Gasteiger partial charge on any atom is 0.302 e. The van der Waals surface area contributed by atoms with Gasteiger partial charge in [-0.3, -0.25) is 4.79 Å². The molecule has 0 aromatic carbocycles. The maximum absolute atomic E-state index is 11.7. The monoisotopic (exact) mass is 388 g/mol. The molecule has 7 unspecified atom stereocenters. The van der Waals surface area contributed by atoms with Crippen LogP contribution in [0.5, 0.6) is 0 Å². The Morgan fingerprint density at radius 2 is 1.93 bits per heavy atom. The summed E-state index contributed by atoms with van der Waals surface area (Å²) in [6.07, 6.45) is 9.95. The van der Waals surface area contributed by atoms with Crippen LogP contribution in [0.2, 0.25) is 0 Å². The van der Waals surface area contributed by atoms with Gasteiger partial charge in [-0.25, -0.2) is 0 Å². The Morgan fingerprint density at radius 1 is 1.21 bits per heavy atom. The number of hydrogen-bond donors (Lipinski definition) is 2. The second-order valence-corrected chi connectivity index (χ2v) is 10.4. The normalized spacial score (nSPS) is 47.4. The molecule has 0 bridgehead atoms. The number of carbonyl (C=O) groups is 1. The van der Waals surface area contributed by atoms with Crippen molar-refractivity contribution < 1.29 is 19.7 Å². The molecule has 156 valence electrons. The fourth-order valence-corrected chi connectivity index (χ4v) is 7.55. The summed E-state index contributed by atoms with van der Waals surface area (Å²) in [5, 5.41) is 21.9. The van der Waals surface area contributed by atoms with Crippen molar-refractivity contribution in [1.29, 1.82) is 0 Å². The summed E-state index contributed by atoms with van der Waals surface area (Å²) >= 11 is 0. The van der Waals surface area contributed by atoms with Crippen LogP contribution >= 0.6 is 0 Å². The van der Waals surface area contributed by atoms with Gasteiger partial charge in [-0.15, -0.1) is 0 Å². The largest absolute Gasteiger partial charge is 0.461 e. The molecule has 0 amide bonds. The second-order valence-electron chi connectivity index (χ2n) is 10.4. The highest BCUT2D eigenvalue weighted by molar-refractivity contribution is 5.66. The molecule has 2 N–H and O–H groups in total. The lowest BCUT2D eigenvalue weighted by atomic mass is 9.46. The zero-order valence-electron chi connectivity index (χ0n) is 17.7. The van der Waals surface area contributed by atoms with Gasteiger partial charge in [0.15, 0.2) is 0 Å². The van der Waals surface area contributed by atoms with Gasteiger partial charge < -0.3 is 14.9 Å². The highest BCUT2D eigenvalue weighted by Gasteiger charge is 2.64. The van der Waals surface area contributed by atoms with Crippen molar-refractivity contribution >= 4 is 5.97 Å². The van der Waals surface area contributed by atoms with Crippen molar-refractivity contribution in [1.82, 2.24) is 0 Å². The lowest BCUT2D eigenvalue weighted by Gasteiger charge is -2.59. The van der Waals surface area contributed by atoms with Crippen LogP contribution in [0.1, 0.15) is 72.1 Å². The first-order chi connectivity index (χ1) is 13.1. The maximum atomic E-state index is 11.7. The van der Waals surface area contributed by atoms with Gasteiger partial charge in [0.1, 0.15) is 6.61 Å². The molecule has 0 aliphatic heterocycles. The summed E-state index contributed by atoms with van der Waals surface area (Å²) < 4.78 is 5.18.